The molecule has 0 radical (unpaired) electrons. The number of hydrogen-bond acceptors (Lipinski definition) is 1. The van der Waals surface area contributed by atoms with Crippen LogP contribution in [-0.4, -0.2) is 0 Å². The Morgan fingerprint density at radius 1 is 0.677 bits per heavy atom. The lowest BCUT2D eigenvalue weighted by atomic mass is 10.0. The first-order valence-corrected chi connectivity index (χ1v) is 10.1. The summed E-state index contributed by atoms with van der Waals surface area (Å²) in [6.07, 6.45) is 5.18. The fourth-order valence-corrected chi connectivity index (χ4v) is 3.42. The van der Waals surface area contributed by atoms with Crippen LogP contribution in [0.3, 0.4) is 0 Å². The minimum atomic E-state index is 0.662. The van der Waals surface area contributed by atoms with Gasteiger partial charge in [0.25, 0.3) is 0 Å². The summed E-state index contributed by atoms with van der Waals surface area (Å²) in [5.74, 6) is 0. The molecule has 0 fully saturated rings. The maximum atomic E-state index is 8.92. The Morgan fingerprint density at radius 2 is 1.16 bits per heavy atom. The van der Waals surface area contributed by atoms with Crippen LogP contribution in [0, 0.1) is 17.9 Å². The summed E-state index contributed by atoms with van der Waals surface area (Å²) in [4.78, 5) is 3.44. The molecule has 2 nitrogen and oxygen atoms in total. The van der Waals surface area contributed by atoms with Gasteiger partial charge in [-0.2, -0.15) is 5.26 Å². The molecule has 0 bridgehead atoms. The monoisotopic (exact) mass is 396 g/mol. The number of rotatable bonds is 5. The molecular formula is C29H20N2. The van der Waals surface area contributed by atoms with Crippen LogP contribution in [0.4, 0.5) is 5.69 Å². The van der Waals surface area contributed by atoms with E-state index in [0.717, 1.165) is 34.2 Å². The molecule has 0 aliphatic heterocycles. The molecule has 0 saturated carbocycles. The molecule has 0 aliphatic carbocycles. The van der Waals surface area contributed by atoms with Crippen LogP contribution in [-0.2, 0) is 6.42 Å². The summed E-state index contributed by atoms with van der Waals surface area (Å²) in [6, 6.07) is 34.5. The Hall–Kier alpha value is -4.40. The van der Waals surface area contributed by atoms with E-state index in [4.69, 9.17) is 11.8 Å². The SMILES string of the molecule is [C-]#[N+]c1ccc(-c2ccc(C/C=C/c3ccc(-c4ccc(C#N)cc4)cc3)cc2)cc1. The molecular weight excluding hydrogens is 376 g/mol. The van der Waals surface area contributed by atoms with Gasteiger partial charge in [-0.15, -0.1) is 0 Å². The lowest BCUT2D eigenvalue weighted by Gasteiger charge is -2.04. The maximum absolute atomic E-state index is 8.92. The third-order valence-corrected chi connectivity index (χ3v) is 5.21. The van der Waals surface area contributed by atoms with Crippen LogP contribution < -0.4 is 0 Å². The van der Waals surface area contributed by atoms with Gasteiger partial charge in [-0.1, -0.05) is 97.1 Å². The molecule has 0 unspecified atom stereocenters. The molecule has 0 amide bonds. The Balaban J connectivity index is 1.37. The van der Waals surface area contributed by atoms with Crippen LogP contribution in [0.1, 0.15) is 16.7 Å². The van der Waals surface area contributed by atoms with E-state index >= 15 is 0 Å². The number of hydrogen-bond donors (Lipinski definition) is 0. The summed E-state index contributed by atoms with van der Waals surface area (Å²) in [7, 11) is 0. The van der Waals surface area contributed by atoms with Gasteiger partial charge in [0.05, 0.1) is 18.2 Å². The molecule has 2 heteroatoms. The molecule has 0 heterocycles. The van der Waals surface area contributed by atoms with Crippen molar-refractivity contribution in [2.45, 2.75) is 6.42 Å². The van der Waals surface area contributed by atoms with Crippen molar-refractivity contribution in [2.24, 2.45) is 0 Å². The van der Waals surface area contributed by atoms with Gasteiger partial charge in [0, 0.05) is 0 Å². The molecule has 0 saturated heterocycles. The standard InChI is InChI=1S/C29H20N2/c1-31-29-19-17-28(18-20-29)26-13-7-23(8-14-26)4-2-3-22-5-11-25(12-6-22)27-15-9-24(21-30)10-16-27/h2-3,5-20H,4H2/b3-2+. The van der Waals surface area contributed by atoms with E-state index in [9.17, 15) is 0 Å². The summed E-state index contributed by atoms with van der Waals surface area (Å²) < 4.78 is 0. The van der Waals surface area contributed by atoms with Crippen LogP contribution in [0.5, 0.6) is 0 Å². The van der Waals surface area contributed by atoms with Gasteiger partial charge in [-0.05, 0) is 51.9 Å². The van der Waals surface area contributed by atoms with Crippen molar-refractivity contribution in [3.05, 3.63) is 131 Å². The molecule has 31 heavy (non-hydrogen) atoms. The maximum Gasteiger partial charge on any atom is 0.187 e. The first-order valence-electron chi connectivity index (χ1n) is 10.1. The third-order valence-electron chi connectivity index (χ3n) is 5.21. The zero-order valence-electron chi connectivity index (χ0n) is 17.0. The van der Waals surface area contributed by atoms with Crippen LogP contribution in [0.25, 0.3) is 33.2 Å². The van der Waals surface area contributed by atoms with Crippen molar-refractivity contribution in [1.29, 1.82) is 5.26 Å². The van der Waals surface area contributed by atoms with Crippen molar-refractivity contribution in [3.8, 4) is 28.3 Å². The molecule has 0 aromatic heterocycles. The molecule has 4 aromatic rings. The molecule has 0 aliphatic rings. The van der Waals surface area contributed by atoms with Gasteiger partial charge in [-0.25, -0.2) is 4.85 Å². The van der Waals surface area contributed by atoms with Gasteiger partial charge in [0.2, 0.25) is 0 Å². The normalized spacial score (nSPS) is 10.5. The largest absolute Gasteiger partial charge is 0.238 e. The smallest absolute Gasteiger partial charge is 0.187 e. The Labute approximate surface area is 183 Å². The molecule has 0 spiro atoms. The topological polar surface area (TPSA) is 28.1 Å². The van der Waals surface area contributed by atoms with Crippen LogP contribution in [0.2, 0.25) is 0 Å². The van der Waals surface area contributed by atoms with E-state index in [1.165, 1.54) is 5.56 Å². The van der Waals surface area contributed by atoms with Gasteiger partial charge >= 0.3 is 0 Å². The van der Waals surface area contributed by atoms with Gasteiger partial charge in [0.15, 0.2) is 5.69 Å². The van der Waals surface area contributed by atoms with Gasteiger partial charge < -0.3 is 0 Å². The van der Waals surface area contributed by atoms with Crippen molar-refractivity contribution in [1.82, 2.24) is 0 Å². The van der Waals surface area contributed by atoms with Gasteiger partial charge in [-0.3, -0.25) is 0 Å². The van der Waals surface area contributed by atoms with Crippen molar-refractivity contribution < 1.29 is 0 Å². The Bertz CT molecular complexity index is 1260. The number of nitriles is 1. The summed E-state index contributed by atoms with van der Waals surface area (Å²) in [5, 5.41) is 8.92. The number of nitrogens with zero attached hydrogens (tertiary/aromatic N) is 2. The minimum absolute atomic E-state index is 0.662. The summed E-state index contributed by atoms with van der Waals surface area (Å²) >= 11 is 0. The molecule has 0 N–H and O–H groups in total. The van der Waals surface area contributed by atoms with Crippen molar-refractivity contribution in [2.75, 3.05) is 0 Å². The number of allylic oxidation sites excluding steroid dienone is 1. The van der Waals surface area contributed by atoms with E-state index in [-0.39, 0.29) is 0 Å². The lowest BCUT2D eigenvalue weighted by Crippen LogP contribution is -1.83. The van der Waals surface area contributed by atoms with Crippen LogP contribution in [0.15, 0.2) is 103 Å². The highest BCUT2D eigenvalue weighted by Crippen LogP contribution is 2.24. The fraction of sp³-hybridized carbons (Fsp3) is 0.0345. The van der Waals surface area contributed by atoms with E-state index in [0.29, 0.717) is 11.3 Å². The second-order valence-corrected chi connectivity index (χ2v) is 7.27. The van der Waals surface area contributed by atoms with Crippen LogP contribution >= 0.6 is 0 Å². The molecule has 0 atom stereocenters. The zero-order chi connectivity index (χ0) is 21.5. The highest BCUT2D eigenvalue weighted by Gasteiger charge is 2.00. The molecule has 146 valence electrons. The average molecular weight is 396 g/mol. The predicted molar refractivity (Wildman–Crippen MR) is 127 cm³/mol. The number of benzene rings is 4. The van der Waals surface area contributed by atoms with E-state index in [1.807, 2.05) is 48.5 Å². The van der Waals surface area contributed by atoms with E-state index < -0.39 is 0 Å². The predicted octanol–water partition coefficient (Wildman–Crippen LogP) is 7.70. The molecule has 4 rings (SSSR count). The quantitative estimate of drug-likeness (QED) is 0.318. The first-order chi connectivity index (χ1) is 15.2. The van der Waals surface area contributed by atoms with E-state index in [2.05, 4.69) is 71.6 Å². The third kappa shape index (κ3) is 4.96. The zero-order valence-corrected chi connectivity index (χ0v) is 17.0. The van der Waals surface area contributed by atoms with Gasteiger partial charge in [0.1, 0.15) is 0 Å². The Kier molecular flexibility index (Phi) is 6.03. The fourth-order valence-electron chi connectivity index (χ4n) is 3.42. The lowest BCUT2D eigenvalue weighted by molar-refractivity contribution is 1.28. The van der Waals surface area contributed by atoms with E-state index in [1.54, 1.807) is 0 Å². The summed E-state index contributed by atoms with van der Waals surface area (Å²) in [6.45, 7) is 7.05. The summed E-state index contributed by atoms with van der Waals surface area (Å²) in [5.41, 5.74) is 8.28. The Morgan fingerprint density at radius 3 is 1.68 bits per heavy atom. The molecule has 4 aromatic carbocycles. The second-order valence-electron chi connectivity index (χ2n) is 7.27. The highest BCUT2D eigenvalue weighted by atomic mass is 14.6. The second kappa shape index (κ2) is 9.40. The average Bonchev–Trinajstić information content (AvgIpc) is 2.85. The minimum Gasteiger partial charge on any atom is -0.238 e. The first kappa shape index (κ1) is 19.9. The van der Waals surface area contributed by atoms with Crippen molar-refractivity contribution in [3.63, 3.8) is 0 Å². The highest BCUT2D eigenvalue weighted by molar-refractivity contribution is 5.67. The van der Waals surface area contributed by atoms with Crippen molar-refractivity contribution >= 4 is 11.8 Å².